The zero-order chi connectivity index (χ0) is 11.5. The molecule has 0 aromatic carbocycles. The van der Waals surface area contributed by atoms with Crippen LogP contribution in [0.2, 0.25) is 0 Å². The van der Waals surface area contributed by atoms with Crippen LogP contribution in [0.4, 0.5) is 0 Å². The number of hydrogen-bond donors (Lipinski definition) is 1. The van der Waals surface area contributed by atoms with Gasteiger partial charge < -0.3 is 10.1 Å². The average molecular weight is 235 g/mol. The van der Waals surface area contributed by atoms with Gasteiger partial charge in [-0.05, 0) is 20.4 Å². The van der Waals surface area contributed by atoms with Crippen molar-refractivity contribution in [1.82, 2.24) is 5.32 Å². The molecule has 6 heteroatoms. The van der Waals surface area contributed by atoms with Gasteiger partial charge in [0.25, 0.3) is 0 Å². The van der Waals surface area contributed by atoms with Crippen molar-refractivity contribution < 1.29 is 17.9 Å². The second-order valence-electron chi connectivity index (χ2n) is 3.85. The second kappa shape index (κ2) is 4.49. The molecule has 1 aliphatic rings. The summed E-state index contributed by atoms with van der Waals surface area (Å²) in [4.78, 5) is 11.3. The summed E-state index contributed by atoms with van der Waals surface area (Å²) in [7, 11) is -1.32. The zero-order valence-electron chi connectivity index (χ0n) is 9.08. The molecule has 1 fully saturated rings. The number of rotatable bonds is 4. The molecule has 15 heavy (non-hydrogen) atoms. The quantitative estimate of drug-likeness (QED) is 0.678. The third-order valence-corrected chi connectivity index (χ3v) is 4.52. The molecule has 1 heterocycles. The van der Waals surface area contributed by atoms with E-state index in [1.54, 1.807) is 14.0 Å². The van der Waals surface area contributed by atoms with E-state index in [4.69, 9.17) is 4.74 Å². The van der Waals surface area contributed by atoms with Crippen LogP contribution >= 0.6 is 0 Å². The highest BCUT2D eigenvalue weighted by Crippen LogP contribution is 2.26. The van der Waals surface area contributed by atoms with Crippen LogP contribution in [0.5, 0.6) is 0 Å². The van der Waals surface area contributed by atoms with Gasteiger partial charge in [-0.3, -0.25) is 4.79 Å². The predicted molar refractivity (Wildman–Crippen MR) is 56.3 cm³/mol. The highest BCUT2D eigenvalue weighted by atomic mass is 32.2. The molecule has 1 rings (SSSR count). The summed E-state index contributed by atoms with van der Waals surface area (Å²) in [6.45, 7) is 2.06. The molecule has 1 unspecified atom stereocenters. The van der Waals surface area contributed by atoms with E-state index in [1.807, 2.05) is 0 Å². The van der Waals surface area contributed by atoms with Gasteiger partial charge in [0.05, 0.1) is 24.5 Å². The number of carbonyl (C=O) groups is 1. The molecule has 1 aliphatic heterocycles. The first-order chi connectivity index (χ1) is 6.93. The lowest BCUT2D eigenvalue weighted by molar-refractivity contribution is -0.144. The van der Waals surface area contributed by atoms with E-state index in [0.29, 0.717) is 13.0 Å². The Morgan fingerprint density at radius 3 is 2.60 bits per heavy atom. The minimum atomic E-state index is -3.00. The van der Waals surface area contributed by atoms with Gasteiger partial charge in [-0.1, -0.05) is 0 Å². The molecule has 1 saturated heterocycles. The third kappa shape index (κ3) is 3.17. The van der Waals surface area contributed by atoms with Crippen molar-refractivity contribution in [2.75, 3.05) is 25.2 Å². The lowest BCUT2D eigenvalue weighted by Gasteiger charge is -2.25. The van der Waals surface area contributed by atoms with Crippen molar-refractivity contribution in [3.63, 3.8) is 0 Å². The zero-order valence-corrected chi connectivity index (χ0v) is 9.89. The Morgan fingerprint density at radius 1 is 1.53 bits per heavy atom. The minimum absolute atomic E-state index is 0.0231. The van der Waals surface area contributed by atoms with Crippen LogP contribution in [-0.2, 0) is 19.4 Å². The molecular formula is C9H17NO4S. The van der Waals surface area contributed by atoms with Crippen LogP contribution in [0.25, 0.3) is 0 Å². The summed E-state index contributed by atoms with van der Waals surface area (Å²) in [6.07, 6.45) is 0.598. The van der Waals surface area contributed by atoms with E-state index in [9.17, 15) is 13.2 Å². The van der Waals surface area contributed by atoms with Gasteiger partial charge >= 0.3 is 5.97 Å². The number of ether oxygens (including phenoxy) is 1. The summed E-state index contributed by atoms with van der Waals surface area (Å²) in [5, 5.41) is 2.94. The van der Waals surface area contributed by atoms with Crippen LogP contribution < -0.4 is 5.32 Å². The molecule has 5 nitrogen and oxygen atoms in total. The van der Waals surface area contributed by atoms with Gasteiger partial charge in [0.15, 0.2) is 9.84 Å². The SMILES string of the molecule is CCOC(=O)CC1(NC)CCS(=O)(=O)C1. The monoisotopic (exact) mass is 235 g/mol. The highest BCUT2D eigenvalue weighted by Gasteiger charge is 2.42. The molecule has 88 valence electrons. The van der Waals surface area contributed by atoms with Crippen molar-refractivity contribution >= 4 is 15.8 Å². The summed E-state index contributed by atoms with van der Waals surface area (Å²) < 4.78 is 27.5. The molecule has 0 radical (unpaired) electrons. The van der Waals surface area contributed by atoms with E-state index in [2.05, 4.69) is 5.32 Å². The molecule has 1 N–H and O–H groups in total. The van der Waals surface area contributed by atoms with E-state index < -0.39 is 15.4 Å². The van der Waals surface area contributed by atoms with Crippen LogP contribution in [0, 0.1) is 0 Å². The van der Waals surface area contributed by atoms with E-state index in [0.717, 1.165) is 0 Å². The molecule has 0 amide bonds. The van der Waals surface area contributed by atoms with Gasteiger partial charge in [0, 0.05) is 5.54 Å². The van der Waals surface area contributed by atoms with Gasteiger partial charge in [-0.2, -0.15) is 0 Å². The first kappa shape index (κ1) is 12.4. The maximum atomic E-state index is 11.4. The average Bonchev–Trinajstić information content (AvgIpc) is 2.43. The van der Waals surface area contributed by atoms with E-state index >= 15 is 0 Å². The molecule has 0 spiro atoms. The maximum Gasteiger partial charge on any atom is 0.307 e. The largest absolute Gasteiger partial charge is 0.466 e. The summed E-state index contributed by atoms with van der Waals surface area (Å²) in [5.74, 6) is -0.174. The molecule has 0 aliphatic carbocycles. The molecule has 1 atom stereocenters. The van der Waals surface area contributed by atoms with E-state index in [-0.39, 0.29) is 23.9 Å². The van der Waals surface area contributed by atoms with E-state index in [1.165, 1.54) is 0 Å². The lowest BCUT2D eigenvalue weighted by Crippen LogP contribution is -2.46. The van der Waals surface area contributed by atoms with Gasteiger partial charge in [0.2, 0.25) is 0 Å². The number of esters is 1. The van der Waals surface area contributed by atoms with Gasteiger partial charge in [-0.15, -0.1) is 0 Å². The van der Waals surface area contributed by atoms with Crippen LogP contribution in [0.3, 0.4) is 0 Å². The highest BCUT2D eigenvalue weighted by molar-refractivity contribution is 7.91. The van der Waals surface area contributed by atoms with Crippen molar-refractivity contribution in [2.45, 2.75) is 25.3 Å². The van der Waals surface area contributed by atoms with Crippen molar-refractivity contribution in [3.8, 4) is 0 Å². The Labute approximate surface area is 90.1 Å². The predicted octanol–water partition coefficient (Wildman–Crippen LogP) is -0.284. The second-order valence-corrected chi connectivity index (χ2v) is 6.04. The molecule has 0 saturated carbocycles. The summed E-state index contributed by atoms with van der Waals surface area (Å²) >= 11 is 0. The topological polar surface area (TPSA) is 72.5 Å². The lowest BCUT2D eigenvalue weighted by atomic mass is 9.95. The first-order valence-electron chi connectivity index (χ1n) is 4.98. The normalized spacial score (nSPS) is 28.9. The van der Waals surface area contributed by atoms with Gasteiger partial charge in [0.1, 0.15) is 0 Å². The number of nitrogens with one attached hydrogen (secondary N) is 1. The van der Waals surface area contributed by atoms with Crippen LogP contribution in [0.15, 0.2) is 0 Å². The van der Waals surface area contributed by atoms with Crippen molar-refractivity contribution in [1.29, 1.82) is 0 Å². The fourth-order valence-corrected chi connectivity index (χ4v) is 3.91. The Hall–Kier alpha value is -0.620. The Morgan fingerprint density at radius 2 is 2.20 bits per heavy atom. The maximum absolute atomic E-state index is 11.4. The Kier molecular flexibility index (Phi) is 3.72. The Bertz CT molecular complexity index is 338. The molecule has 0 aromatic rings. The number of sulfone groups is 1. The Balaban J connectivity index is 2.67. The molecular weight excluding hydrogens is 218 g/mol. The van der Waals surface area contributed by atoms with Crippen molar-refractivity contribution in [3.05, 3.63) is 0 Å². The standard InChI is InChI=1S/C9H17NO4S/c1-3-14-8(11)6-9(10-2)4-5-15(12,13)7-9/h10H,3-7H2,1-2H3. The fourth-order valence-electron chi connectivity index (χ4n) is 1.83. The summed E-state index contributed by atoms with van der Waals surface area (Å²) in [5.41, 5.74) is -0.620. The minimum Gasteiger partial charge on any atom is -0.466 e. The third-order valence-electron chi connectivity index (χ3n) is 2.71. The van der Waals surface area contributed by atoms with Gasteiger partial charge in [-0.25, -0.2) is 8.42 Å². The smallest absolute Gasteiger partial charge is 0.307 e. The summed E-state index contributed by atoms with van der Waals surface area (Å²) in [6, 6.07) is 0. The first-order valence-corrected chi connectivity index (χ1v) is 6.80. The van der Waals surface area contributed by atoms with Crippen LogP contribution in [0.1, 0.15) is 19.8 Å². The number of carbonyl (C=O) groups excluding carboxylic acids is 1. The number of hydrogen-bond acceptors (Lipinski definition) is 5. The fraction of sp³-hybridized carbons (Fsp3) is 0.889. The van der Waals surface area contributed by atoms with Crippen LogP contribution in [-0.4, -0.2) is 45.1 Å². The van der Waals surface area contributed by atoms with Crippen molar-refractivity contribution in [2.24, 2.45) is 0 Å². The molecule has 0 aromatic heterocycles. The molecule has 0 bridgehead atoms.